The Morgan fingerprint density at radius 2 is 2.09 bits per heavy atom. The van der Waals surface area contributed by atoms with E-state index in [1.807, 2.05) is 11.8 Å². The first-order valence-electron chi connectivity index (χ1n) is 10.4. The molecule has 7 nitrogen and oxygen atoms in total. The third kappa shape index (κ3) is 3.95. The summed E-state index contributed by atoms with van der Waals surface area (Å²) in [6.45, 7) is 4.42. The fourth-order valence-electron chi connectivity index (χ4n) is 3.86. The summed E-state index contributed by atoms with van der Waals surface area (Å²) in [7, 11) is 1.53. The number of aryl methyl sites for hydroxylation is 1. The maximum Gasteiger partial charge on any atom is 0.269 e. The van der Waals surface area contributed by atoms with Crippen LogP contribution in [0, 0.1) is 11.6 Å². The van der Waals surface area contributed by atoms with Gasteiger partial charge in [-0.15, -0.1) is 0 Å². The number of hydrogen-bond donors (Lipinski definition) is 2. The SMILES string of the molecule is CCc1cc2c(F)cc(CN3C[C@H](Oc4ccc(C(=O)NC)nc4)[C@H]3C)c(F)c2[nH]c1=O. The molecule has 1 aliphatic rings. The highest BCUT2D eigenvalue weighted by molar-refractivity contribution is 5.92. The molecule has 0 aliphatic carbocycles. The zero-order chi connectivity index (χ0) is 23.0. The molecule has 1 aromatic carbocycles. The molecule has 1 saturated heterocycles. The number of pyridine rings is 2. The van der Waals surface area contributed by atoms with E-state index < -0.39 is 17.2 Å². The molecule has 0 unspecified atom stereocenters. The summed E-state index contributed by atoms with van der Waals surface area (Å²) in [5, 5.41) is 2.58. The van der Waals surface area contributed by atoms with Crippen LogP contribution >= 0.6 is 0 Å². The van der Waals surface area contributed by atoms with Crippen molar-refractivity contribution in [3.63, 3.8) is 0 Å². The lowest BCUT2D eigenvalue weighted by Gasteiger charge is -2.45. The lowest BCUT2D eigenvalue weighted by Crippen LogP contribution is -2.60. The van der Waals surface area contributed by atoms with Gasteiger partial charge < -0.3 is 15.0 Å². The number of carbonyl (C=O) groups is 1. The maximum absolute atomic E-state index is 15.1. The summed E-state index contributed by atoms with van der Waals surface area (Å²) in [5.41, 5.74) is 0.373. The van der Waals surface area contributed by atoms with Gasteiger partial charge in [0.25, 0.3) is 11.5 Å². The summed E-state index contributed by atoms with van der Waals surface area (Å²) in [6.07, 6.45) is 1.77. The average molecular weight is 442 g/mol. The third-order valence-corrected chi connectivity index (χ3v) is 5.94. The number of carbonyl (C=O) groups excluding carboxylic acids is 1. The van der Waals surface area contributed by atoms with Gasteiger partial charge in [0.2, 0.25) is 0 Å². The minimum atomic E-state index is -0.619. The number of nitrogens with one attached hydrogen (secondary N) is 2. The molecule has 2 atom stereocenters. The Balaban J connectivity index is 1.46. The maximum atomic E-state index is 15.1. The summed E-state index contributed by atoms with van der Waals surface area (Å²) in [4.78, 5) is 32.2. The van der Waals surface area contributed by atoms with Gasteiger partial charge in [-0.25, -0.2) is 13.8 Å². The van der Waals surface area contributed by atoms with Crippen molar-refractivity contribution in [1.82, 2.24) is 20.2 Å². The molecule has 168 valence electrons. The van der Waals surface area contributed by atoms with E-state index in [1.54, 1.807) is 19.1 Å². The fraction of sp³-hybridized carbons (Fsp3) is 0.348. The van der Waals surface area contributed by atoms with Crippen LogP contribution in [0.25, 0.3) is 10.9 Å². The lowest BCUT2D eigenvalue weighted by atomic mass is 9.98. The number of fused-ring (bicyclic) bond motifs is 1. The number of benzene rings is 1. The minimum absolute atomic E-state index is 0.0479. The number of hydrogen-bond acceptors (Lipinski definition) is 5. The van der Waals surface area contributed by atoms with Crippen LogP contribution in [0.15, 0.2) is 35.3 Å². The van der Waals surface area contributed by atoms with Gasteiger partial charge in [0.05, 0.1) is 11.7 Å². The van der Waals surface area contributed by atoms with Crippen LogP contribution in [0.4, 0.5) is 8.78 Å². The molecule has 2 N–H and O–H groups in total. The molecule has 0 bridgehead atoms. The molecule has 1 aliphatic heterocycles. The Labute approximate surface area is 183 Å². The predicted molar refractivity (Wildman–Crippen MR) is 116 cm³/mol. The number of H-pyrrole nitrogens is 1. The predicted octanol–water partition coefficient (Wildman–Crippen LogP) is 2.78. The van der Waals surface area contributed by atoms with Crippen LogP contribution in [-0.4, -0.2) is 46.5 Å². The number of aromatic nitrogens is 2. The molecular formula is C23H24F2N4O3. The van der Waals surface area contributed by atoms with Crippen LogP contribution in [0.3, 0.4) is 0 Å². The zero-order valence-electron chi connectivity index (χ0n) is 18.0. The van der Waals surface area contributed by atoms with Gasteiger partial charge in [0.1, 0.15) is 23.4 Å². The number of nitrogens with zero attached hydrogens (tertiary/aromatic N) is 2. The van der Waals surface area contributed by atoms with Gasteiger partial charge in [-0.3, -0.25) is 14.5 Å². The van der Waals surface area contributed by atoms with Crippen molar-refractivity contribution < 1.29 is 18.3 Å². The van der Waals surface area contributed by atoms with E-state index in [-0.39, 0.29) is 41.1 Å². The average Bonchev–Trinajstić information content (AvgIpc) is 2.80. The monoisotopic (exact) mass is 442 g/mol. The summed E-state index contributed by atoms with van der Waals surface area (Å²) < 4.78 is 35.6. The Morgan fingerprint density at radius 3 is 2.72 bits per heavy atom. The molecule has 3 aromatic rings. The van der Waals surface area contributed by atoms with Crippen molar-refractivity contribution >= 4 is 16.8 Å². The van der Waals surface area contributed by atoms with Gasteiger partial charge >= 0.3 is 0 Å². The smallest absolute Gasteiger partial charge is 0.269 e. The van der Waals surface area contributed by atoms with Gasteiger partial charge in [-0.1, -0.05) is 6.92 Å². The van der Waals surface area contributed by atoms with Crippen LogP contribution in [0.1, 0.15) is 35.5 Å². The zero-order valence-corrected chi connectivity index (χ0v) is 18.0. The molecule has 0 radical (unpaired) electrons. The van der Waals surface area contributed by atoms with E-state index in [0.29, 0.717) is 30.0 Å². The second-order valence-electron chi connectivity index (χ2n) is 7.88. The molecule has 0 saturated carbocycles. The van der Waals surface area contributed by atoms with Gasteiger partial charge in [0, 0.05) is 42.7 Å². The summed E-state index contributed by atoms with van der Waals surface area (Å²) in [6, 6.07) is 5.81. The first-order chi connectivity index (χ1) is 15.3. The van der Waals surface area contributed by atoms with Gasteiger partial charge in [0.15, 0.2) is 5.82 Å². The fourth-order valence-corrected chi connectivity index (χ4v) is 3.86. The normalized spacial score (nSPS) is 18.4. The number of likely N-dealkylation sites (tertiary alicyclic amines) is 1. The van der Waals surface area contributed by atoms with Crippen molar-refractivity contribution in [2.45, 2.75) is 39.0 Å². The van der Waals surface area contributed by atoms with E-state index in [0.717, 1.165) is 0 Å². The summed E-state index contributed by atoms with van der Waals surface area (Å²) in [5.74, 6) is -0.935. The molecule has 2 aromatic heterocycles. The first kappa shape index (κ1) is 21.9. The second kappa shape index (κ2) is 8.66. The van der Waals surface area contributed by atoms with Crippen LogP contribution in [0.5, 0.6) is 5.75 Å². The number of aromatic amines is 1. The molecule has 1 amide bonds. The van der Waals surface area contributed by atoms with Crippen molar-refractivity contribution in [2.75, 3.05) is 13.6 Å². The quantitative estimate of drug-likeness (QED) is 0.613. The largest absolute Gasteiger partial charge is 0.486 e. The van der Waals surface area contributed by atoms with Gasteiger partial charge in [-0.2, -0.15) is 0 Å². The van der Waals surface area contributed by atoms with E-state index >= 15 is 4.39 Å². The molecular weight excluding hydrogens is 418 g/mol. The highest BCUT2D eigenvalue weighted by atomic mass is 19.1. The Kier molecular flexibility index (Phi) is 5.92. The van der Waals surface area contributed by atoms with E-state index in [2.05, 4.69) is 15.3 Å². The Morgan fingerprint density at radius 1 is 1.31 bits per heavy atom. The highest BCUT2D eigenvalue weighted by Gasteiger charge is 2.37. The minimum Gasteiger partial charge on any atom is -0.486 e. The van der Waals surface area contributed by atoms with Crippen molar-refractivity contribution in [3.05, 3.63) is 69.3 Å². The van der Waals surface area contributed by atoms with Crippen LogP contribution in [0.2, 0.25) is 0 Å². The summed E-state index contributed by atoms with van der Waals surface area (Å²) >= 11 is 0. The molecule has 32 heavy (non-hydrogen) atoms. The van der Waals surface area contributed by atoms with E-state index in [9.17, 15) is 14.0 Å². The van der Waals surface area contributed by atoms with Crippen molar-refractivity contribution in [1.29, 1.82) is 0 Å². The van der Waals surface area contributed by atoms with Crippen LogP contribution in [-0.2, 0) is 13.0 Å². The number of rotatable bonds is 6. The van der Waals surface area contributed by atoms with Gasteiger partial charge in [-0.05, 0) is 37.6 Å². The molecule has 9 heteroatoms. The molecule has 1 fully saturated rings. The first-order valence-corrected chi connectivity index (χ1v) is 10.4. The number of ether oxygens (including phenoxy) is 1. The number of halogens is 2. The highest BCUT2D eigenvalue weighted by Crippen LogP contribution is 2.29. The molecule has 4 rings (SSSR count). The molecule has 3 heterocycles. The van der Waals surface area contributed by atoms with E-state index in [4.69, 9.17) is 4.74 Å². The van der Waals surface area contributed by atoms with Crippen molar-refractivity contribution in [3.8, 4) is 5.75 Å². The van der Waals surface area contributed by atoms with Crippen LogP contribution < -0.4 is 15.6 Å². The molecule has 0 spiro atoms. The Bertz CT molecular complexity index is 1230. The Hall–Kier alpha value is -3.33. The topological polar surface area (TPSA) is 87.3 Å². The standard InChI is InChI=1S/C23H24F2N4O3/c1-4-13-7-16-17(24)8-14(20(25)21(16)28-22(13)30)10-29-11-19(12(29)2)32-15-5-6-18(27-9-15)23(31)26-3/h5-9,12,19H,4,10-11H2,1-3H3,(H,26,31)(H,28,30)/t12-,19+/m1/s1. The lowest BCUT2D eigenvalue weighted by molar-refractivity contribution is -0.0420. The van der Waals surface area contributed by atoms with E-state index in [1.165, 1.54) is 25.4 Å². The second-order valence-corrected chi connectivity index (χ2v) is 7.88. The number of amides is 1. The van der Waals surface area contributed by atoms with Crippen molar-refractivity contribution in [2.24, 2.45) is 0 Å². The third-order valence-electron chi connectivity index (χ3n) is 5.94.